The monoisotopic (exact) mass is 707 g/mol. The molecule has 0 aliphatic carbocycles. The number of ether oxygens (including phenoxy) is 3. The third-order valence-corrected chi connectivity index (χ3v) is 8.83. The van der Waals surface area contributed by atoms with Crippen molar-refractivity contribution in [3.63, 3.8) is 0 Å². The van der Waals surface area contributed by atoms with E-state index in [4.69, 9.17) is 19.9 Å². The average Bonchev–Trinajstić information content (AvgIpc) is 3.11. The molecule has 0 rings (SSSR count). The van der Waals surface area contributed by atoms with Crippen LogP contribution < -0.4 is 11.1 Å². The Morgan fingerprint density at radius 3 is 1.34 bits per heavy atom. The van der Waals surface area contributed by atoms with E-state index in [1.54, 1.807) is 0 Å². The van der Waals surface area contributed by atoms with Gasteiger partial charge in [-0.2, -0.15) is 0 Å². The summed E-state index contributed by atoms with van der Waals surface area (Å²) < 4.78 is 16.1. The van der Waals surface area contributed by atoms with Gasteiger partial charge in [-0.25, -0.2) is 4.79 Å². The summed E-state index contributed by atoms with van der Waals surface area (Å²) in [6.07, 6.45) is 39.4. The largest absolute Gasteiger partial charge is 0.462 e. The lowest BCUT2D eigenvalue weighted by Crippen LogP contribution is -2.35. The molecule has 0 saturated carbocycles. The van der Waals surface area contributed by atoms with Gasteiger partial charge < -0.3 is 25.3 Å². The maximum atomic E-state index is 12.5. The molecule has 1 amide bonds. The van der Waals surface area contributed by atoms with Crippen molar-refractivity contribution in [2.45, 2.75) is 200 Å². The van der Waals surface area contributed by atoms with Crippen molar-refractivity contribution < 1.29 is 28.6 Å². The maximum absolute atomic E-state index is 12.5. The van der Waals surface area contributed by atoms with Crippen LogP contribution in [0, 0.1) is 0 Å². The molecule has 3 N–H and O–H groups in total. The van der Waals surface area contributed by atoms with Crippen LogP contribution in [-0.4, -0.2) is 50.4 Å². The van der Waals surface area contributed by atoms with Crippen LogP contribution >= 0.6 is 0 Å². The van der Waals surface area contributed by atoms with Gasteiger partial charge in [0.05, 0.1) is 0 Å². The number of carbonyl (C=O) groups excluding carboxylic acids is 3. The molecule has 8 heteroatoms. The third kappa shape index (κ3) is 36.9. The standard InChI is InChI=1S/C42H78N2O6/c1-3-5-7-9-11-13-15-17-19-21-23-25-27-29-31-33-40(45)48-37-39(38-49-42(47)44-36-35-43)50-41(46)34-32-30-28-26-24-22-20-18-16-14-12-10-8-6-4-2/h17-20,39H,3-16,21-38,43H2,1-2H3,(H,44,47). The first-order chi connectivity index (χ1) is 24.5. The van der Waals surface area contributed by atoms with Gasteiger partial charge in [-0.05, 0) is 64.2 Å². The fraction of sp³-hybridized carbons (Fsp3) is 0.833. The number of esters is 2. The summed E-state index contributed by atoms with van der Waals surface area (Å²) in [6, 6.07) is 0. The van der Waals surface area contributed by atoms with Crippen molar-refractivity contribution in [1.82, 2.24) is 5.32 Å². The minimum Gasteiger partial charge on any atom is -0.462 e. The number of carbonyl (C=O) groups is 3. The highest BCUT2D eigenvalue weighted by atomic mass is 16.6. The van der Waals surface area contributed by atoms with E-state index in [1.165, 1.54) is 103 Å². The Bertz CT molecular complexity index is 831. The molecule has 0 bridgehead atoms. The van der Waals surface area contributed by atoms with Crippen molar-refractivity contribution >= 4 is 18.0 Å². The molecule has 1 atom stereocenters. The molecular formula is C42H78N2O6. The smallest absolute Gasteiger partial charge is 0.407 e. The molecule has 0 aromatic carbocycles. The quantitative estimate of drug-likeness (QED) is 0.0286. The molecule has 0 fully saturated rings. The van der Waals surface area contributed by atoms with E-state index in [1.807, 2.05) is 0 Å². The van der Waals surface area contributed by atoms with Crippen LogP contribution in [0.1, 0.15) is 194 Å². The fourth-order valence-electron chi connectivity index (χ4n) is 5.69. The predicted molar refractivity (Wildman–Crippen MR) is 208 cm³/mol. The molecule has 1 unspecified atom stereocenters. The molecule has 0 aliphatic rings. The molecular weight excluding hydrogens is 628 g/mol. The molecule has 292 valence electrons. The second kappa shape index (κ2) is 39.4. The molecule has 8 nitrogen and oxygen atoms in total. The van der Waals surface area contributed by atoms with Crippen LogP contribution in [0.15, 0.2) is 24.3 Å². The van der Waals surface area contributed by atoms with Gasteiger partial charge in [-0.1, -0.05) is 141 Å². The first-order valence-corrected chi connectivity index (χ1v) is 20.8. The summed E-state index contributed by atoms with van der Waals surface area (Å²) >= 11 is 0. The van der Waals surface area contributed by atoms with E-state index in [9.17, 15) is 14.4 Å². The van der Waals surface area contributed by atoms with Gasteiger partial charge in [-0.3, -0.25) is 9.59 Å². The number of amides is 1. The SMILES string of the molecule is CCCCCCCCC=CCCCCCCCC(=O)OCC(COC(=O)NCCN)OC(=O)CCCCCCCC=CCCCCCCCC. The molecule has 0 radical (unpaired) electrons. The molecule has 0 saturated heterocycles. The lowest BCUT2D eigenvalue weighted by molar-refractivity contribution is -0.161. The first kappa shape index (κ1) is 47.7. The number of allylic oxidation sites excluding steroid dienone is 4. The van der Waals surface area contributed by atoms with Crippen LogP contribution in [0.3, 0.4) is 0 Å². The van der Waals surface area contributed by atoms with Crippen LogP contribution in [0.2, 0.25) is 0 Å². The van der Waals surface area contributed by atoms with Gasteiger partial charge in [0.25, 0.3) is 0 Å². The highest BCUT2D eigenvalue weighted by Crippen LogP contribution is 2.13. The molecule has 0 aromatic heterocycles. The summed E-state index contributed by atoms with van der Waals surface area (Å²) in [5, 5.41) is 2.52. The van der Waals surface area contributed by atoms with E-state index in [0.29, 0.717) is 6.42 Å². The molecule has 0 aliphatic heterocycles. The van der Waals surface area contributed by atoms with E-state index in [0.717, 1.165) is 64.2 Å². The minimum absolute atomic E-state index is 0.133. The zero-order valence-corrected chi connectivity index (χ0v) is 32.5. The molecule has 50 heavy (non-hydrogen) atoms. The summed E-state index contributed by atoms with van der Waals surface area (Å²) in [4.78, 5) is 36.8. The van der Waals surface area contributed by atoms with Gasteiger partial charge in [0.2, 0.25) is 0 Å². The third-order valence-electron chi connectivity index (χ3n) is 8.83. The number of rotatable bonds is 37. The van der Waals surface area contributed by atoms with Crippen LogP contribution in [0.25, 0.3) is 0 Å². The first-order valence-electron chi connectivity index (χ1n) is 20.8. The summed E-state index contributed by atoms with van der Waals surface area (Å²) in [7, 11) is 0. The Morgan fingerprint density at radius 1 is 0.520 bits per heavy atom. The maximum Gasteiger partial charge on any atom is 0.407 e. The molecule has 0 aromatic rings. The van der Waals surface area contributed by atoms with Gasteiger partial charge >= 0.3 is 18.0 Å². The molecule has 0 spiro atoms. The lowest BCUT2D eigenvalue weighted by Gasteiger charge is -2.18. The second-order valence-electron chi connectivity index (χ2n) is 13.8. The van der Waals surface area contributed by atoms with Gasteiger partial charge in [0.1, 0.15) is 13.2 Å². The Labute approximate surface area is 307 Å². The Hall–Kier alpha value is -2.35. The zero-order valence-electron chi connectivity index (χ0n) is 32.5. The van der Waals surface area contributed by atoms with Crippen LogP contribution in [-0.2, 0) is 23.8 Å². The second-order valence-corrected chi connectivity index (χ2v) is 13.8. The number of nitrogens with two attached hydrogens (primary N) is 1. The minimum atomic E-state index is -0.840. The van der Waals surface area contributed by atoms with Crippen molar-refractivity contribution in [1.29, 1.82) is 0 Å². The zero-order chi connectivity index (χ0) is 36.6. The van der Waals surface area contributed by atoms with E-state index in [2.05, 4.69) is 43.5 Å². The van der Waals surface area contributed by atoms with Gasteiger partial charge in [0.15, 0.2) is 6.10 Å². The molecule has 0 heterocycles. The van der Waals surface area contributed by atoms with E-state index in [-0.39, 0.29) is 44.7 Å². The van der Waals surface area contributed by atoms with Crippen molar-refractivity contribution in [2.75, 3.05) is 26.3 Å². The Morgan fingerprint density at radius 2 is 0.900 bits per heavy atom. The van der Waals surface area contributed by atoms with E-state index >= 15 is 0 Å². The fourth-order valence-corrected chi connectivity index (χ4v) is 5.69. The topological polar surface area (TPSA) is 117 Å². The summed E-state index contributed by atoms with van der Waals surface area (Å²) in [5.41, 5.74) is 5.42. The van der Waals surface area contributed by atoms with Gasteiger partial charge in [0, 0.05) is 25.9 Å². The van der Waals surface area contributed by atoms with Crippen LogP contribution in [0.5, 0.6) is 0 Å². The van der Waals surface area contributed by atoms with Gasteiger partial charge in [-0.15, -0.1) is 0 Å². The highest BCUT2D eigenvalue weighted by molar-refractivity contribution is 5.70. The predicted octanol–water partition coefficient (Wildman–Crippen LogP) is 11.2. The normalized spacial score (nSPS) is 12.1. The van der Waals surface area contributed by atoms with Crippen molar-refractivity contribution in [2.24, 2.45) is 5.73 Å². The van der Waals surface area contributed by atoms with Crippen LogP contribution in [0.4, 0.5) is 4.79 Å². The number of unbranched alkanes of at least 4 members (excludes halogenated alkanes) is 22. The number of nitrogens with one attached hydrogen (secondary N) is 1. The Balaban J connectivity index is 4.09. The number of hydrogen-bond acceptors (Lipinski definition) is 7. The summed E-state index contributed by atoms with van der Waals surface area (Å²) in [5.74, 6) is -0.694. The van der Waals surface area contributed by atoms with Crippen molar-refractivity contribution in [3.05, 3.63) is 24.3 Å². The van der Waals surface area contributed by atoms with Crippen molar-refractivity contribution in [3.8, 4) is 0 Å². The summed E-state index contributed by atoms with van der Waals surface area (Å²) in [6.45, 7) is 4.76. The lowest BCUT2D eigenvalue weighted by atomic mass is 10.1. The number of hydrogen-bond donors (Lipinski definition) is 2. The highest BCUT2D eigenvalue weighted by Gasteiger charge is 2.19. The number of alkyl carbamates (subject to hydrolysis) is 1. The Kier molecular flexibility index (Phi) is 37.6. The average molecular weight is 707 g/mol. The van der Waals surface area contributed by atoms with E-state index < -0.39 is 12.2 Å².